The normalized spacial score (nSPS) is 20.2. The Balaban J connectivity index is 2.25. The highest BCUT2D eigenvalue weighted by atomic mass is 32.2. The van der Waals surface area contributed by atoms with Gasteiger partial charge in [0.15, 0.2) is 0 Å². The largest absolute Gasteiger partial charge is 0.392 e. The van der Waals surface area contributed by atoms with Crippen LogP contribution in [0, 0.1) is 5.92 Å². The fourth-order valence-corrected chi connectivity index (χ4v) is 3.45. The van der Waals surface area contributed by atoms with E-state index in [0.717, 1.165) is 45.7 Å². The van der Waals surface area contributed by atoms with Gasteiger partial charge in [0.05, 0.1) is 16.3 Å². The van der Waals surface area contributed by atoms with Crippen LogP contribution < -0.4 is 5.73 Å². The molecule has 0 aromatic carbocycles. The van der Waals surface area contributed by atoms with Crippen molar-refractivity contribution in [2.24, 2.45) is 11.7 Å². The maximum atomic E-state index is 5.88. The van der Waals surface area contributed by atoms with Gasteiger partial charge in [0.1, 0.15) is 0 Å². The predicted octanol–water partition coefficient (Wildman–Crippen LogP) is 2.14. The summed E-state index contributed by atoms with van der Waals surface area (Å²) in [7, 11) is 0. The highest BCUT2D eigenvalue weighted by molar-refractivity contribution is 8.02. The molecule has 3 nitrogen and oxygen atoms in total. The number of rotatable bonds is 7. The summed E-state index contributed by atoms with van der Waals surface area (Å²) in [6.45, 7) is 9.21. The molecule has 0 aromatic heterocycles. The van der Waals surface area contributed by atoms with Crippen LogP contribution in [0.1, 0.15) is 26.7 Å². The lowest BCUT2D eigenvalue weighted by molar-refractivity contribution is 0.0790. The quantitative estimate of drug-likeness (QED) is 0.574. The van der Waals surface area contributed by atoms with Crippen LogP contribution in [0.15, 0.2) is 0 Å². The Morgan fingerprint density at radius 3 is 2.50 bits per heavy atom. The number of piperidine rings is 1. The van der Waals surface area contributed by atoms with Crippen molar-refractivity contribution in [1.82, 2.24) is 4.90 Å². The summed E-state index contributed by atoms with van der Waals surface area (Å²) in [5.41, 5.74) is 5.88. The van der Waals surface area contributed by atoms with Crippen LogP contribution >= 0.6 is 24.0 Å². The third kappa shape index (κ3) is 4.68. The SMILES string of the molecule is CSC1(C(N)=S)CCN(CCOCC(C)C)CC1. The van der Waals surface area contributed by atoms with E-state index in [9.17, 15) is 0 Å². The second-order valence-corrected chi connectivity index (χ2v) is 7.00. The van der Waals surface area contributed by atoms with Gasteiger partial charge in [0.2, 0.25) is 0 Å². The van der Waals surface area contributed by atoms with Crippen molar-refractivity contribution < 1.29 is 4.74 Å². The van der Waals surface area contributed by atoms with Gasteiger partial charge in [-0.05, 0) is 38.1 Å². The first kappa shape index (κ1) is 16.2. The highest BCUT2D eigenvalue weighted by Crippen LogP contribution is 2.34. The monoisotopic (exact) mass is 290 g/mol. The summed E-state index contributed by atoms with van der Waals surface area (Å²) < 4.78 is 5.66. The van der Waals surface area contributed by atoms with E-state index in [1.54, 1.807) is 0 Å². The summed E-state index contributed by atoms with van der Waals surface area (Å²) in [6.07, 6.45) is 4.24. The number of hydrogen-bond acceptors (Lipinski definition) is 4. The van der Waals surface area contributed by atoms with E-state index in [1.165, 1.54) is 0 Å². The van der Waals surface area contributed by atoms with E-state index in [0.29, 0.717) is 10.9 Å². The molecular formula is C13H26N2OS2. The van der Waals surface area contributed by atoms with Gasteiger partial charge in [-0.3, -0.25) is 0 Å². The molecular weight excluding hydrogens is 264 g/mol. The summed E-state index contributed by atoms with van der Waals surface area (Å²) in [6, 6.07) is 0. The van der Waals surface area contributed by atoms with Gasteiger partial charge >= 0.3 is 0 Å². The van der Waals surface area contributed by atoms with Crippen molar-refractivity contribution in [1.29, 1.82) is 0 Å². The van der Waals surface area contributed by atoms with Gasteiger partial charge in [-0.1, -0.05) is 26.1 Å². The summed E-state index contributed by atoms with van der Waals surface area (Å²) in [5.74, 6) is 0.616. The fourth-order valence-electron chi connectivity index (χ4n) is 2.20. The maximum absolute atomic E-state index is 5.88. The number of hydrogen-bond donors (Lipinski definition) is 1. The molecule has 0 aliphatic carbocycles. The van der Waals surface area contributed by atoms with E-state index in [2.05, 4.69) is 25.0 Å². The molecule has 5 heteroatoms. The first-order valence-electron chi connectivity index (χ1n) is 6.65. The van der Waals surface area contributed by atoms with Gasteiger partial charge in [-0.25, -0.2) is 0 Å². The Bertz CT molecular complexity index is 264. The zero-order valence-electron chi connectivity index (χ0n) is 11.8. The summed E-state index contributed by atoms with van der Waals surface area (Å²) >= 11 is 7.03. The van der Waals surface area contributed by atoms with E-state index in [-0.39, 0.29) is 4.75 Å². The third-order valence-electron chi connectivity index (χ3n) is 3.51. The Hall–Kier alpha value is 0.160. The number of ether oxygens (including phenoxy) is 1. The summed E-state index contributed by atoms with van der Waals surface area (Å²) in [4.78, 5) is 3.12. The van der Waals surface area contributed by atoms with Crippen LogP contribution in [0.3, 0.4) is 0 Å². The Labute approximate surface area is 121 Å². The van der Waals surface area contributed by atoms with Gasteiger partial charge in [0.25, 0.3) is 0 Å². The van der Waals surface area contributed by atoms with E-state index in [4.69, 9.17) is 22.7 Å². The van der Waals surface area contributed by atoms with Crippen molar-refractivity contribution >= 4 is 29.0 Å². The van der Waals surface area contributed by atoms with Crippen LogP contribution in [0.25, 0.3) is 0 Å². The average Bonchev–Trinajstić information content (AvgIpc) is 2.35. The Morgan fingerprint density at radius 1 is 1.44 bits per heavy atom. The zero-order chi connectivity index (χ0) is 13.6. The van der Waals surface area contributed by atoms with Crippen LogP contribution in [-0.2, 0) is 4.74 Å². The topological polar surface area (TPSA) is 38.5 Å². The van der Waals surface area contributed by atoms with Gasteiger partial charge in [-0.2, -0.15) is 11.8 Å². The van der Waals surface area contributed by atoms with E-state index in [1.807, 2.05) is 11.8 Å². The first-order valence-corrected chi connectivity index (χ1v) is 8.28. The Morgan fingerprint density at radius 2 is 2.06 bits per heavy atom. The minimum absolute atomic E-state index is 0.0324. The second kappa shape index (κ2) is 7.68. The molecule has 1 fully saturated rings. The highest BCUT2D eigenvalue weighted by Gasteiger charge is 2.36. The molecule has 2 N–H and O–H groups in total. The van der Waals surface area contributed by atoms with Crippen molar-refractivity contribution in [3.63, 3.8) is 0 Å². The number of thiocarbonyl (C=S) groups is 1. The van der Waals surface area contributed by atoms with Crippen LogP contribution in [0.4, 0.5) is 0 Å². The zero-order valence-corrected chi connectivity index (χ0v) is 13.4. The molecule has 1 aliphatic heterocycles. The van der Waals surface area contributed by atoms with Crippen molar-refractivity contribution in [3.05, 3.63) is 0 Å². The van der Waals surface area contributed by atoms with Gasteiger partial charge in [-0.15, -0.1) is 0 Å². The van der Waals surface area contributed by atoms with Crippen molar-refractivity contribution in [2.75, 3.05) is 39.1 Å². The Kier molecular flexibility index (Phi) is 6.92. The minimum atomic E-state index is 0.0324. The summed E-state index contributed by atoms with van der Waals surface area (Å²) in [5, 5.41) is 0. The molecule has 0 aromatic rings. The van der Waals surface area contributed by atoms with Crippen LogP contribution in [-0.4, -0.2) is 53.7 Å². The van der Waals surface area contributed by atoms with Crippen LogP contribution in [0.5, 0.6) is 0 Å². The molecule has 18 heavy (non-hydrogen) atoms. The smallest absolute Gasteiger partial charge is 0.0891 e. The molecule has 0 radical (unpaired) electrons. The van der Waals surface area contributed by atoms with Crippen molar-refractivity contribution in [3.8, 4) is 0 Å². The molecule has 1 saturated heterocycles. The standard InChI is InChI=1S/C13H26N2OS2/c1-11(2)10-16-9-8-15-6-4-13(18-3,5-7-15)12(14)17/h11H,4-10H2,1-3H3,(H2,14,17). The number of thioether (sulfide) groups is 1. The minimum Gasteiger partial charge on any atom is -0.392 e. The molecule has 0 amide bonds. The molecule has 1 aliphatic rings. The maximum Gasteiger partial charge on any atom is 0.0891 e. The predicted molar refractivity (Wildman–Crippen MR) is 84.4 cm³/mol. The lowest BCUT2D eigenvalue weighted by atomic mass is 9.95. The fraction of sp³-hybridized carbons (Fsp3) is 0.923. The molecule has 0 saturated carbocycles. The molecule has 0 atom stereocenters. The second-order valence-electron chi connectivity index (χ2n) is 5.37. The average molecular weight is 290 g/mol. The lowest BCUT2D eigenvalue weighted by Crippen LogP contribution is -2.49. The first-order chi connectivity index (χ1) is 8.50. The number of nitrogens with two attached hydrogens (primary N) is 1. The number of nitrogens with zero attached hydrogens (tertiary/aromatic N) is 1. The molecule has 0 spiro atoms. The third-order valence-corrected chi connectivity index (χ3v) is 5.44. The molecule has 1 rings (SSSR count). The van der Waals surface area contributed by atoms with Gasteiger partial charge < -0.3 is 15.4 Å². The van der Waals surface area contributed by atoms with E-state index >= 15 is 0 Å². The van der Waals surface area contributed by atoms with Gasteiger partial charge in [0, 0.05) is 13.2 Å². The molecule has 1 heterocycles. The molecule has 0 bridgehead atoms. The van der Waals surface area contributed by atoms with Crippen LogP contribution in [0.2, 0.25) is 0 Å². The molecule has 106 valence electrons. The molecule has 0 unspecified atom stereocenters. The van der Waals surface area contributed by atoms with Crippen molar-refractivity contribution in [2.45, 2.75) is 31.4 Å². The lowest BCUT2D eigenvalue weighted by Gasteiger charge is -2.40. The number of likely N-dealkylation sites (tertiary alicyclic amines) is 1. The van der Waals surface area contributed by atoms with E-state index < -0.39 is 0 Å².